The van der Waals surface area contributed by atoms with Gasteiger partial charge in [0, 0.05) is 37.4 Å². The van der Waals surface area contributed by atoms with Crippen molar-refractivity contribution in [1.82, 2.24) is 9.88 Å². The van der Waals surface area contributed by atoms with Crippen molar-refractivity contribution in [2.45, 2.75) is 32.3 Å². The first-order chi connectivity index (χ1) is 14.0. The fraction of sp³-hybridized carbons (Fsp3) is 0.333. The van der Waals surface area contributed by atoms with Gasteiger partial charge in [-0.05, 0) is 31.2 Å². The zero-order valence-corrected chi connectivity index (χ0v) is 16.7. The molecule has 29 heavy (non-hydrogen) atoms. The van der Waals surface area contributed by atoms with E-state index >= 15 is 0 Å². The molecule has 0 spiro atoms. The number of furan rings is 1. The number of likely N-dealkylation sites (tertiary alicyclic amines) is 1. The van der Waals surface area contributed by atoms with Crippen LogP contribution in [0.25, 0.3) is 10.8 Å². The molecule has 1 aromatic carbocycles. The molecular formula is C21H20F2N2O3S. The first-order valence-electron chi connectivity index (χ1n) is 9.38. The molecule has 0 N–H and O–H groups in total. The summed E-state index contributed by atoms with van der Waals surface area (Å²) in [4.78, 5) is 18.9. The number of hydrogen-bond acceptors (Lipinski definition) is 5. The first-order valence-corrected chi connectivity index (χ1v) is 10.3. The molecule has 1 saturated heterocycles. The number of thiazole rings is 1. The lowest BCUT2D eigenvalue weighted by atomic mass is 10.1. The van der Waals surface area contributed by atoms with Gasteiger partial charge in [-0.1, -0.05) is 0 Å². The van der Waals surface area contributed by atoms with Crippen LogP contribution >= 0.6 is 11.3 Å². The first kappa shape index (κ1) is 19.6. The van der Waals surface area contributed by atoms with Crippen molar-refractivity contribution in [1.29, 1.82) is 0 Å². The van der Waals surface area contributed by atoms with Gasteiger partial charge in [0.25, 0.3) is 0 Å². The fourth-order valence-electron chi connectivity index (χ4n) is 3.29. The van der Waals surface area contributed by atoms with Gasteiger partial charge < -0.3 is 14.1 Å². The molecular weight excluding hydrogens is 398 g/mol. The second-order valence-corrected chi connectivity index (χ2v) is 7.86. The minimum atomic E-state index is -0.713. The summed E-state index contributed by atoms with van der Waals surface area (Å²) < 4.78 is 37.9. The fourth-order valence-corrected chi connectivity index (χ4v) is 4.07. The van der Waals surface area contributed by atoms with Crippen LogP contribution in [0.2, 0.25) is 0 Å². The van der Waals surface area contributed by atoms with Crippen LogP contribution in [0.5, 0.6) is 5.75 Å². The third kappa shape index (κ3) is 4.64. The smallest absolute Gasteiger partial charge is 0.228 e. The predicted molar refractivity (Wildman–Crippen MR) is 105 cm³/mol. The lowest BCUT2D eigenvalue weighted by molar-refractivity contribution is -0.132. The predicted octanol–water partition coefficient (Wildman–Crippen LogP) is 4.60. The number of rotatable bonds is 5. The standard InChI is InChI=1S/C21H20F2N2O3S/c1-13-2-4-19(27-13)21-24-15(12-29-21)11-20(26)25-8-6-16(7-9-25)28-18-5-3-14(22)10-17(18)23/h2-5,10,12,16H,6-9,11H2,1H3. The number of benzene rings is 1. The van der Waals surface area contributed by atoms with Gasteiger partial charge >= 0.3 is 0 Å². The molecule has 1 aliphatic rings. The van der Waals surface area contributed by atoms with E-state index in [1.807, 2.05) is 24.4 Å². The summed E-state index contributed by atoms with van der Waals surface area (Å²) in [7, 11) is 0. The number of halogens is 2. The Morgan fingerprint density at radius 2 is 2.07 bits per heavy atom. The molecule has 5 nitrogen and oxygen atoms in total. The van der Waals surface area contributed by atoms with Gasteiger partial charge in [0.15, 0.2) is 22.3 Å². The van der Waals surface area contributed by atoms with Crippen LogP contribution < -0.4 is 4.74 Å². The van der Waals surface area contributed by atoms with E-state index in [1.165, 1.54) is 23.5 Å². The van der Waals surface area contributed by atoms with Crippen LogP contribution in [0.15, 0.2) is 40.1 Å². The van der Waals surface area contributed by atoms with Gasteiger partial charge in [-0.3, -0.25) is 4.79 Å². The Hall–Kier alpha value is -2.74. The summed E-state index contributed by atoms with van der Waals surface area (Å²) in [5.74, 6) is 0.219. The van der Waals surface area contributed by atoms with Crippen LogP contribution in [-0.4, -0.2) is 35.0 Å². The van der Waals surface area contributed by atoms with Crippen LogP contribution in [0.3, 0.4) is 0 Å². The quantitative estimate of drug-likeness (QED) is 0.608. The third-order valence-electron chi connectivity index (χ3n) is 4.82. The molecule has 0 saturated carbocycles. The molecule has 0 aliphatic carbocycles. The number of piperidine rings is 1. The van der Waals surface area contributed by atoms with E-state index in [0.717, 1.165) is 22.5 Å². The maximum Gasteiger partial charge on any atom is 0.228 e. The number of aromatic nitrogens is 1. The number of amides is 1. The molecule has 0 atom stereocenters. The number of carbonyl (C=O) groups excluding carboxylic acids is 1. The average Bonchev–Trinajstić information content (AvgIpc) is 3.33. The largest absolute Gasteiger partial charge is 0.487 e. The summed E-state index contributed by atoms with van der Waals surface area (Å²) in [5, 5.41) is 2.63. The summed E-state index contributed by atoms with van der Waals surface area (Å²) in [6.07, 6.45) is 1.22. The monoisotopic (exact) mass is 418 g/mol. The molecule has 0 radical (unpaired) electrons. The van der Waals surface area contributed by atoms with Gasteiger partial charge in [0.05, 0.1) is 12.1 Å². The molecule has 4 rings (SSSR count). The van der Waals surface area contributed by atoms with E-state index in [0.29, 0.717) is 31.7 Å². The molecule has 1 fully saturated rings. The van der Waals surface area contributed by atoms with E-state index in [4.69, 9.17) is 9.15 Å². The highest BCUT2D eigenvalue weighted by atomic mass is 32.1. The van der Waals surface area contributed by atoms with Crippen molar-refractivity contribution in [3.8, 4) is 16.5 Å². The van der Waals surface area contributed by atoms with Crippen LogP contribution in [0.4, 0.5) is 8.78 Å². The number of hydrogen-bond donors (Lipinski definition) is 0. The van der Waals surface area contributed by atoms with E-state index in [2.05, 4.69) is 4.98 Å². The van der Waals surface area contributed by atoms with Crippen molar-refractivity contribution < 1.29 is 22.7 Å². The minimum absolute atomic E-state index is 0.00360. The van der Waals surface area contributed by atoms with Crippen molar-refractivity contribution in [2.75, 3.05) is 13.1 Å². The Morgan fingerprint density at radius 1 is 1.28 bits per heavy atom. The van der Waals surface area contributed by atoms with Gasteiger partial charge in [-0.25, -0.2) is 13.8 Å². The number of carbonyl (C=O) groups is 1. The van der Waals surface area contributed by atoms with Crippen LogP contribution in [0, 0.1) is 18.6 Å². The Bertz CT molecular complexity index is 1010. The Kier molecular flexibility index (Phi) is 5.62. The molecule has 0 bridgehead atoms. The van der Waals surface area contributed by atoms with Crippen molar-refractivity contribution in [3.05, 3.63) is 58.8 Å². The molecule has 3 heterocycles. The van der Waals surface area contributed by atoms with Crippen molar-refractivity contribution >= 4 is 17.2 Å². The molecule has 2 aromatic heterocycles. The second-order valence-electron chi connectivity index (χ2n) is 7.00. The molecule has 1 aliphatic heterocycles. The van der Waals surface area contributed by atoms with Crippen molar-refractivity contribution in [3.63, 3.8) is 0 Å². The van der Waals surface area contributed by atoms with E-state index in [-0.39, 0.29) is 24.2 Å². The van der Waals surface area contributed by atoms with Gasteiger partial charge in [-0.15, -0.1) is 11.3 Å². The van der Waals surface area contributed by atoms with Gasteiger partial charge in [-0.2, -0.15) is 0 Å². The second kappa shape index (κ2) is 8.32. The minimum Gasteiger partial charge on any atom is -0.487 e. The normalized spacial score (nSPS) is 14.9. The molecule has 1 amide bonds. The molecule has 8 heteroatoms. The average molecular weight is 418 g/mol. The summed E-state index contributed by atoms with van der Waals surface area (Å²) in [6, 6.07) is 7.02. The molecule has 3 aromatic rings. The zero-order chi connectivity index (χ0) is 20.4. The Morgan fingerprint density at radius 3 is 2.76 bits per heavy atom. The topological polar surface area (TPSA) is 55.6 Å². The lowest BCUT2D eigenvalue weighted by Gasteiger charge is -2.32. The van der Waals surface area contributed by atoms with E-state index in [9.17, 15) is 13.6 Å². The maximum atomic E-state index is 13.7. The highest BCUT2D eigenvalue weighted by Crippen LogP contribution is 2.26. The Balaban J connectivity index is 1.29. The lowest BCUT2D eigenvalue weighted by Crippen LogP contribution is -2.42. The summed E-state index contributed by atoms with van der Waals surface area (Å²) in [5.41, 5.74) is 0.718. The van der Waals surface area contributed by atoms with Gasteiger partial charge in [0.2, 0.25) is 5.91 Å². The summed E-state index contributed by atoms with van der Waals surface area (Å²) >= 11 is 1.45. The van der Waals surface area contributed by atoms with E-state index < -0.39 is 11.6 Å². The summed E-state index contributed by atoms with van der Waals surface area (Å²) in [6.45, 7) is 2.93. The van der Waals surface area contributed by atoms with E-state index in [1.54, 1.807) is 4.90 Å². The molecule has 0 unspecified atom stereocenters. The zero-order valence-electron chi connectivity index (χ0n) is 15.9. The molecule has 152 valence electrons. The van der Waals surface area contributed by atoms with Crippen LogP contribution in [0.1, 0.15) is 24.3 Å². The SMILES string of the molecule is Cc1ccc(-c2nc(CC(=O)N3CCC(Oc4ccc(F)cc4F)CC3)cs2)o1. The third-order valence-corrected chi connectivity index (χ3v) is 5.72. The number of aryl methyl sites for hydroxylation is 1. The van der Waals surface area contributed by atoms with Crippen LogP contribution in [-0.2, 0) is 11.2 Å². The number of nitrogens with zero attached hydrogens (tertiary/aromatic N) is 2. The highest BCUT2D eigenvalue weighted by Gasteiger charge is 2.25. The highest BCUT2D eigenvalue weighted by molar-refractivity contribution is 7.13. The van der Waals surface area contributed by atoms with Crippen molar-refractivity contribution in [2.24, 2.45) is 0 Å². The Labute approximate surface area is 170 Å². The maximum absolute atomic E-state index is 13.7. The number of ether oxygens (including phenoxy) is 1. The van der Waals surface area contributed by atoms with Gasteiger partial charge in [0.1, 0.15) is 17.7 Å².